The molecule has 0 aromatic rings. The lowest BCUT2D eigenvalue weighted by molar-refractivity contribution is -0.142. The molecule has 0 aliphatic heterocycles. The number of nitrogens with one attached hydrogen (secondary N) is 3. The van der Waals surface area contributed by atoms with E-state index in [2.05, 4.69) is 36.7 Å². The van der Waals surface area contributed by atoms with Crippen molar-refractivity contribution in [2.45, 2.75) is 200 Å². The molecule has 10 heteroatoms. The topological polar surface area (TPSA) is 162 Å². The van der Waals surface area contributed by atoms with Gasteiger partial charge in [-0.2, -0.15) is 0 Å². The summed E-state index contributed by atoms with van der Waals surface area (Å²) >= 11 is 0. The van der Waals surface area contributed by atoms with Crippen molar-refractivity contribution in [3.63, 3.8) is 0 Å². The van der Waals surface area contributed by atoms with Crippen LogP contribution in [0, 0.1) is 5.41 Å². The molecule has 0 radical (unpaired) electrons. The van der Waals surface area contributed by atoms with Crippen LogP contribution in [0.3, 0.4) is 0 Å². The Morgan fingerprint density at radius 3 is 1.52 bits per heavy atom. The molecule has 0 saturated carbocycles. The number of aliphatic carboxylic acids is 2. The number of amides is 2. The SMILES string of the molecule is CCC(C)(CC)NC(CCCCNC(=O)CCC(NC(=O)CCCCCCCCCCCCCCC(=O)O)C(=O)O)C(=O)C(C)(C)CC. The molecule has 10 nitrogen and oxygen atoms in total. The first-order valence-electron chi connectivity index (χ1n) is 19.0. The Bertz CT molecular complexity index is 933. The van der Waals surface area contributed by atoms with Crippen LogP contribution in [-0.2, 0) is 24.0 Å². The quantitative estimate of drug-likeness (QED) is 0.0451. The highest BCUT2D eigenvalue weighted by Crippen LogP contribution is 2.26. The summed E-state index contributed by atoms with van der Waals surface area (Å²) in [5.41, 5.74) is -0.511. The molecule has 0 bridgehead atoms. The minimum Gasteiger partial charge on any atom is -0.481 e. The maximum Gasteiger partial charge on any atom is 0.326 e. The fraction of sp³-hybridized carbons (Fsp3) is 0.868. The van der Waals surface area contributed by atoms with Crippen molar-refractivity contribution in [1.29, 1.82) is 0 Å². The van der Waals surface area contributed by atoms with Crippen LogP contribution in [0.1, 0.15) is 183 Å². The maximum atomic E-state index is 13.3. The third kappa shape index (κ3) is 22.2. The number of hydrogen-bond donors (Lipinski definition) is 5. The first-order chi connectivity index (χ1) is 22.7. The third-order valence-electron chi connectivity index (χ3n) is 10.0. The van der Waals surface area contributed by atoms with Crippen molar-refractivity contribution in [2.75, 3.05) is 6.54 Å². The van der Waals surface area contributed by atoms with Crippen LogP contribution in [0.5, 0.6) is 0 Å². The molecule has 0 heterocycles. The Labute approximate surface area is 291 Å². The lowest BCUT2D eigenvalue weighted by atomic mass is 9.79. The Morgan fingerprint density at radius 1 is 0.562 bits per heavy atom. The molecule has 0 fully saturated rings. The number of carboxylic acids is 2. The lowest BCUT2D eigenvalue weighted by Crippen LogP contribution is -2.53. The summed E-state index contributed by atoms with van der Waals surface area (Å²) in [6.45, 7) is 12.9. The minimum atomic E-state index is -1.14. The van der Waals surface area contributed by atoms with E-state index in [1.165, 1.54) is 25.7 Å². The predicted molar refractivity (Wildman–Crippen MR) is 193 cm³/mol. The van der Waals surface area contributed by atoms with E-state index in [0.29, 0.717) is 19.4 Å². The van der Waals surface area contributed by atoms with E-state index < -0.39 is 23.4 Å². The molecular weight excluding hydrogens is 610 g/mol. The summed E-state index contributed by atoms with van der Waals surface area (Å²) in [4.78, 5) is 60.3. The molecule has 0 spiro atoms. The first-order valence-corrected chi connectivity index (χ1v) is 19.0. The van der Waals surface area contributed by atoms with Crippen LogP contribution in [0.25, 0.3) is 0 Å². The molecule has 0 aliphatic carbocycles. The zero-order chi connectivity index (χ0) is 36.4. The van der Waals surface area contributed by atoms with Gasteiger partial charge in [-0.25, -0.2) is 4.79 Å². The van der Waals surface area contributed by atoms with Crippen molar-refractivity contribution in [3.8, 4) is 0 Å². The van der Waals surface area contributed by atoms with Gasteiger partial charge in [-0.3, -0.25) is 19.2 Å². The van der Waals surface area contributed by atoms with Crippen molar-refractivity contribution >= 4 is 29.5 Å². The van der Waals surface area contributed by atoms with E-state index in [-0.39, 0.29) is 54.9 Å². The van der Waals surface area contributed by atoms with Gasteiger partial charge < -0.3 is 26.2 Å². The lowest BCUT2D eigenvalue weighted by Gasteiger charge is -2.36. The number of hydrogen-bond acceptors (Lipinski definition) is 6. The van der Waals surface area contributed by atoms with Gasteiger partial charge in [0.15, 0.2) is 5.78 Å². The Balaban J connectivity index is 4.22. The molecular formula is C38H71N3O7. The number of carbonyl (C=O) groups excluding carboxylic acids is 3. The van der Waals surface area contributed by atoms with E-state index in [0.717, 1.165) is 77.0 Å². The van der Waals surface area contributed by atoms with Gasteiger partial charge in [0.25, 0.3) is 0 Å². The zero-order valence-corrected chi connectivity index (χ0v) is 31.4. The normalized spacial score (nSPS) is 13.1. The van der Waals surface area contributed by atoms with Gasteiger partial charge >= 0.3 is 11.9 Å². The van der Waals surface area contributed by atoms with Crippen molar-refractivity contribution in [2.24, 2.45) is 5.41 Å². The van der Waals surface area contributed by atoms with E-state index >= 15 is 0 Å². The highest BCUT2D eigenvalue weighted by atomic mass is 16.4. The summed E-state index contributed by atoms with van der Waals surface area (Å²) < 4.78 is 0. The number of unbranched alkanes of at least 4 members (excludes halogenated alkanes) is 12. The van der Waals surface area contributed by atoms with Gasteiger partial charge in [-0.1, -0.05) is 98.8 Å². The van der Waals surface area contributed by atoms with Crippen molar-refractivity contribution in [3.05, 3.63) is 0 Å². The standard InChI is InChI=1S/C38H71N3O7/c1-7-37(4,5)35(46)30(41-38(6,8-2)9-3)24-22-23-29-39-32(42)28-27-31(36(47)48)40-33(43)25-20-18-16-14-12-10-11-13-15-17-19-21-26-34(44)45/h30-31,41H,7-29H2,1-6H3,(H,39,42)(H,40,43)(H,44,45)(H,47,48). The van der Waals surface area contributed by atoms with Gasteiger partial charge in [-0.15, -0.1) is 0 Å². The van der Waals surface area contributed by atoms with Gasteiger partial charge in [0.2, 0.25) is 11.8 Å². The van der Waals surface area contributed by atoms with Crippen LogP contribution in [0.15, 0.2) is 0 Å². The zero-order valence-electron chi connectivity index (χ0n) is 31.4. The molecule has 2 atom stereocenters. The molecule has 0 aromatic heterocycles. The summed E-state index contributed by atoms with van der Waals surface area (Å²) in [6, 6.07) is -1.33. The summed E-state index contributed by atoms with van der Waals surface area (Å²) in [5.74, 6) is -2.16. The van der Waals surface area contributed by atoms with Crippen LogP contribution in [-0.4, -0.2) is 63.9 Å². The number of rotatable bonds is 32. The van der Waals surface area contributed by atoms with Crippen molar-refractivity contribution in [1.82, 2.24) is 16.0 Å². The second-order valence-corrected chi connectivity index (χ2v) is 14.5. The average Bonchev–Trinajstić information content (AvgIpc) is 3.05. The number of Topliss-reactive ketones (excluding diaryl/α,β-unsaturated/α-hetero) is 1. The fourth-order valence-corrected chi connectivity index (χ4v) is 5.71. The Morgan fingerprint density at radius 2 is 1.06 bits per heavy atom. The van der Waals surface area contributed by atoms with Crippen LogP contribution in [0.4, 0.5) is 0 Å². The molecule has 5 N–H and O–H groups in total. The highest BCUT2D eigenvalue weighted by Gasteiger charge is 2.35. The number of carboxylic acid groups (broad SMARTS) is 2. The van der Waals surface area contributed by atoms with Gasteiger partial charge in [-0.05, 0) is 64.7 Å². The molecule has 0 saturated heterocycles. The van der Waals surface area contributed by atoms with E-state index in [1.807, 2.05) is 20.8 Å². The third-order valence-corrected chi connectivity index (χ3v) is 10.0. The maximum absolute atomic E-state index is 13.3. The molecule has 0 aromatic carbocycles. The van der Waals surface area contributed by atoms with E-state index in [9.17, 15) is 29.1 Å². The molecule has 2 amide bonds. The van der Waals surface area contributed by atoms with Crippen LogP contribution >= 0.6 is 0 Å². The molecule has 0 aliphatic rings. The number of ketones is 1. The fourth-order valence-electron chi connectivity index (χ4n) is 5.71. The summed E-state index contributed by atoms with van der Waals surface area (Å²) in [5, 5.41) is 27.3. The summed E-state index contributed by atoms with van der Waals surface area (Å²) in [7, 11) is 0. The molecule has 0 rings (SSSR count). The Kier molecular flexibility index (Phi) is 25.0. The second kappa shape index (κ2) is 26.4. The van der Waals surface area contributed by atoms with E-state index in [1.54, 1.807) is 0 Å². The average molecular weight is 682 g/mol. The summed E-state index contributed by atoms with van der Waals surface area (Å²) in [6.07, 6.45) is 18.0. The predicted octanol–water partition coefficient (Wildman–Crippen LogP) is 7.71. The van der Waals surface area contributed by atoms with Gasteiger partial charge in [0, 0.05) is 36.8 Å². The second-order valence-electron chi connectivity index (χ2n) is 14.5. The van der Waals surface area contributed by atoms with Gasteiger partial charge in [0.1, 0.15) is 6.04 Å². The van der Waals surface area contributed by atoms with Crippen molar-refractivity contribution < 1.29 is 34.2 Å². The van der Waals surface area contributed by atoms with Gasteiger partial charge in [0.05, 0.1) is 6.04 Å². The van der Waals surface area contributed by atoms with Crippen LogP contribution < -0.4 is 16.0 Å². The van der Waals surface area contributed by atoms with E-state index in [4.69, 9.17) is 5.11 Å². The van der Waals surface area contributed by atoms with Crippen LogP contribution in [0.2, 0.25) is 0 Å². The minimum absolute atomic E-state index is 0.0146. The molecule has 48 heavy (non-hydrogen) atoms. The Hall–Kier alpha value is -2.49. The molecule has 2 unspecified atom stereocenters. The highest BCUT2D eigenvalue weighted by molar-refractivity contribution is 5.89. The monoisotopic (exact) mass is 682 g/mol. The largest absolute Gasteiger partial charge is 0.481 e. The first kappa shape index (κ1) is 45.5. The smallest absolute Gasteiger partial charge is 0.326 e. The molecule has 280 valence electrons. The number of carbonyl (C=O) groups is 5.